The lowest BCUT2D eigenvalue weighted by atomic mass is 9.95. The summed E-state index contributed by atoms with van der Waals surface area (Å²) in [6, 6.07) is 5.65. The lowest BCUT2D eigenvalue weighted by Crippen LogP contribution is -2.48. The van der Waals surface area contributed by atoms with Gasteiger partial charge < -0.3 is 4.90 Å². The summed E-state index contributed by atoms with van der Waals surface area (Å²) in [6.45, 7) is 5.98. The molecule has 2 aliphatic heterocycles. The van der Waals surface area contributed by atoms with Gasteiger partial charge in [-0.15, -0.1) is 5.10 Å². The number of rotatable bonds is 4. The molecule has 0 saturated carbocycles. The summed E-state index contributed by atoms with van der Waals surface area (Å²) >= 11 is 0. The molecule has 132 valence electrons. The third-order valence-corrected chi connectivity index (χ3v) is 4.62. The van der Waals surface area contributed by atoms with Gasteiger partial charge in [0, 0.05) is 24.7 Å². The molecule has 1 amide bonds. The van der Waals surface area contributed by atoms with Gasteiger partial charge in [0.2, 0.25) is 0 Å². The van der Waals surface area contributed by atoms with Crippen LogP contribution in [0.2, 0.25) is 0 Å². The second-order valence-corrected chi connectivity index (χ2v) is 6.94. The molecule has 0 fully saturated rings. The van der Waals surface area contributed by atoms with E-state index in [1.54, 1.807) is 10.9 Å². The minimum atomic E-state index is -0.829. The molecular formula is C19H20N6O. The van der Waals surface area contributed by atoms with Crippen LogP contribution in [0.3, 0.4) is 0 Å². The zero-order chi connectivity index (χ0) is 18.3. The highest BCUT2D eigenvalue weighted by Gasteiger charge is 2.46. The number of fused-ring (bicyclic) bond motifs is 1. The van der Waals surface area contributed by atoms with Crippen LogP contribution in [0.25, 0.3) is 5.82 Å². The second-order valence-electron chi connectivity index (χ2n) is 6.94. The van der Waals surface area contributed by atoms with E-state index in [9.17, 15) is 4.79 Å². The molecule has 1 unspecified atom stereocenters. The maximum atomic E-state index is 12.7. The molecule has 2 aromatic rings. The summed E-state index contributed by atoms with van der Waals surface area (Å²) in [7, 11) is 0. The molecule has 7 heteroatoms. The van der Waals surface area contributed by atoms with Gasteiger partial charge in [0.05, 0.1) is 0 Å². The van der Waals surface area contributed by atoms with E-state index in [1.807, 2.05) is 68.3 Å². The molecule has 0 saturated heterocycles. The first-order valence-electron chi connectivity index (χ1n) is 8.63. The Morgan fingerprint density at radius 2 is 2.08 bits per heavy atom. The Morgan fingerprint density at radius 1 is 1.23 bits per heavy atom. The van der Waals surface area contributed by atoms with Crippen molar-refractivity contribution in [1.29, 1.82) is 0 Å². The van der Waals surface area contributed by atoms with Crippen LogP contribution in [0.15, 0.2) is 53.8 Å². The van der Waals surface area contributed by atoms with Crippen LogP contribution in [-0.2, 0) is 11.2 Å². The number of nitrogens with zero attached hydrogens (tertiary/aromatic N) is 6. The van der Waals surface area contributed by atoms with Crippen molar-refractivity contribution in [2.45, 2.75) is 38.6 Å². The number of amidine groups is 1. The van der Waals surface area contributed by atoms with Gasteiger partial charge in [-0.3, -0.25) is 4.79 Å². The third-order valence-electron chi connectivity index (χ3n) is 4.62. The van der Waals surface area contributed by atoms with Crippen molar-refractivity contribution in [2.75, 3.05) is 0 Å². The van der Waals surface area contributed by atoms with E-state index in [0.717, 1.165) is 5.82 Å². The molecule has 0 radical (unpaired) electrons. The van der Waals surface area contributed by atoms with Crippen LogP contribution < -0.4 is 0 Å². The molecule has 0 spiro atoms. The fraction of sp³-hybridized carbons (Fsp3) is 0.316. The first-order valence-corrected chi connectivity index (χ1v) is 8.63. The number of carbonyl (C=O) groups excluding carboxylic acids is 1. The number of hydrogen-bond donors (Lipinski definition) is 0. The molecule has 0 N–H and O–H groups in total. The minimum absolute atomic E-state index is 0.176. The molecule has 0 aromatic carbocycles. The Hall–Kier alpha value is -3.09. The normalized spacial score (nSPS) is 21.5. The van der Waals surface area contributed by atoms with Crippen molar-refractivity contribution in [3.8, 4) is 5.82 Å². The van der Waals surface area contributed by atoms with Gasteiger partial charge in [0.1, 0.15) is 17.2 Å². The molecule has 2 aliphatic rings. The van der Waals surface area contributed by atoms with Gasteiger partial charge in [-0.25, -0.2) is 9.97 Å². The zero-order valence-corrected chi connectivity index (χ0v) is 15.0. The van der Waals surface area contributed by atoms with Gasteiger partial charge in [0.25, 0.3) is 5.91 Å². The fourth-order valence-electron chi connectivity index (χ4n) is 3.12. The summed E-state index contributed by atoms with van der Waals surface area (Å²) in [6.07, 6.45) is 9.60. The summed E-state index contributed by atoms with van der Waals surface area (Å²) in [4.78, 5) is 27.9. The molecule has 26 heavy (non-hydrogen) atoms. The summed E-state index contributed by atoms with van der Waals surface area (Å²) in [5.74, 6) is 2.78. The predicted octanol–water partition coefficient (Wildman–Crippen LogP) is 2.41. The van der Waals surface area contributed by atoms with Crippen molar-refractivity contribution in [1.82, 2.24) is 24.6 Å². The fourth-order valence-corrected chi connectivity index (χ4v) is 3.12. The molecule has 7 nitrogen and oxygen atoms in total. The van der Waals surface area contributed by atoms with Crippen LogP contribution >= 0.6 is 0 Å². The third kappa shape index (κ3) is 2.56. The molecule has 1 atom stereocenters. The number of carbonyl (C=O) groups is 1. The Labute approximate surface area is 151 Å². The van der Waals surface area contributed by atoms with Gasteiger partial charge in [0.15, 0.2) is 11.6 Å². The van der Waals surface area contributed by atoms with E-state index in [0.29, 0.717) is 23.9 Å². The van der Waals surface area contributed by atoms with Crippen molar-refractivity contribution >= 4 is 11.7 Å². The van der Waals surface area contributed by atoms with E-state index in [-0.39, 0.29) is 11.8 Å². The van der Waals surface area contributed by atoms with Crippen molar-refractivity contribution < 1.29 is 4.79 Å². The smallest absolute Gasteiger partial charge is 0.274 e. The highest BCUT2D eigenvalue weighted by Crippen LogP contribution is 2.31. The summed E-state index contributed by atoms with van der Waals surface area (Å²) < 4.78 is 1.73. The SMILES string of the molecule is CC(C)c1nc(CC2(C)C(=O)N=C3C=CC=CN32)n(-c2ccccn2)n1. The van der Waals surface area contributed by atoms with E-state index in [2.05, 4.69) is 15.1 Å². The Bertz CT molecular complexity index is 940. The molecule has 0 bridgehead atoms. The van der Waals surface area contributed by atoms with E-state index in [4.69, 9.17) is 4.98 Å². The van der Waals surface area contributed by atoms with Crippen LogP contribution in [0.5, 0.6) is 0 Å². The number of hydrogen-bond acceptors (Lipinski definition) is 5. The standard InChI is InChI=1S/C19H20N6O/c1-13(2)17-21-16(25(23-17)14-8-4-6-10-20-14)12-19(3)18(26)22-15-9-5-7-11-24(15)19/h4-11,13H,12H2,1-3H3. The molecule has 0 aliphatic carbocycles. The average molecular weight is 348 g/mol. The van der Waals surface area contributed by atoms with Crippen molar-refractivity contribution in [3.05, 3.63) is 60.5 Å². The van der Waals surface area contributed by atoms with E-state index >= 15 is 0 Å². The number of allylic oxidation sites excluding steroid dienone is 2. The first-order chi connectivity index (χ1) is 12.5. The molecular weight excluding hydrogens is 328 g/mol. The monoisotopic (exact) mass is 348 g/mol. The summed E-state index contributed by atoms with van der Waals surface area (Å²) in [5, 5.41) is 4.63. The van der Waals surface area contributed by atoms with Crippen LogP contribution in [0, 0.1) is 0 Å². The van der Waals surface area contributed by atoms with Crippen molar-refractivity contribution in [2.24, 2.45) is 4.99 Å². The van der Waals surface area contributed by atoms with Gasteiger partial charge in [-0.1, -0.05) is 26.0 Å². The predicted molar refractivity (Wildman–Crippen MR) is 97.9 cm³/mol. The van der Waals surface area contributed by atoms with Crippen LogP contribution in [0.4, 0.5) is 0 Å². The highest BCUT2D eigenvalue weighted by molar-refractivity contribution is 6.11. The summed E-state index contributed by atoms with van der Waals surface area (Å²) in [5.41, 5.74) is -0.829. The van der Waals surface area contributed by atoms with Gasteiger partial charge in [-0.2, -0.15) is 9.67 Å². The number of amides is 1. The van der Waals surface area contributed by atoms with Gasteiger partial charge >= 0.3 is 0 Å². The maximum Gasteiger partial charge on any atom is 0.274 e. The lowest BCUT2D eigenvalue weighted by molar-refractivity contribution is -0.124. The number of aliphatic imine (C=N–C) groups is 1. The maximum absolute atomic E-state index is 12.7. The quantitative estimate of drug-likeness (QED) is 0.848. The molecule has 4 rings (SSSR count). The van der Waals surface area contributed by atoms with E-state index < -0.39 is 5.54 Å². The first kappa shape index (κ1) is 16.4. The second kappa shape index (κ2) is 6.01. The largest absolute Gasteiger partial charge is 0.317 e. The Kier molecular flexibility index (Phi) is 3.79. The van der Waals surface area contributed by atoms with Crippen LogP contribution in [-0.4, -0.2) is 41.9 Å². The average Bonchev–Trinajstić information content (AvgIpc) is 3.16. The topological polar surface area (TPSA) is 76.3 Å². The molecule has 4 heterocycles. The molecule has 2 aromatic heterocycles. The Morgan fingerprint density at radius 3 is 2.81 bits per heavy atom. The Balaban J connectivity index is 1.76. The highest BCUT2D eigenvalue weighted by atomic mass is 16.2. The van der Waals surface area contributed by atoms with Crippen LogP contribution in [0.1, 0.15) is 38.3 Å². The number of pyridine rings is 1. The lowest BCUT2D eigenvalue weighted by Gasteiger charge is -2.32. The minimum Gasteiger partial charge on any atom is -0.317 e. The zero-order valence-electron chi connectivity index (χ0n) is 15.0. The van der Waals surface area contributed by atoms with Crippen molar-refractivity contribution in [3.63, 3.8) is 0 Å². The number of aromatic nitrogens is 4. The van der Waals surface area contributed by atoms with E-state index in [1.165, 1.54) is 0 Å². The van der Waals surface area contributed by atoms with Gasteiger partial charge in [-0.05, 0) is 31.2 Å².